The minimum absolute atomic E-state index is 0.132. The topological polar surface area (TPSA) is 55.7 Å². The van der Waals surface area contributed by atoms with Crippen LogP contribution in [0.3, 0.4) is 0 Å². The zero-order chi connectivity index (χ0) is 14.8. The Balaban J connectivity index is 3.21. The van der Waals surface area contributed by atoms with Gasteiger partial charge in [-0.3, -0.25) is 0 Å². The summed E-state index contributed by atoms with van der Waals surface area (Å²) < 4.78 is 34.8. The van der Waals surface area contributed by atoms with Crippen molar-refractivity contribution in [3.63, 3.8) is 0 Å². The Morgan fingerprint density at radius 1 is 1.42 bits per heavy atom. The van der Waals surface area contributed by atoms with E-state index in [2.05, 4.69) is 20.3 Å². The van der Waals surface area contributed by atoms with Gasteiger partial charge in [0.15, 0.2) is 5.82 Å². The van der Waals surface area contributed by atoms with Crippen LogP contribution in [0.5, 0.6) is 0 Å². The highest BCUT2D eigenvalue weighted by Crippen LogP contribution is 2.24. The molecule has 0 saturated heterocycles. The molecule has 0 N–H and O–H groups in total. The second-order valence-corrected chi connectivity index (χ2v) is 8.01. The first kappa shape index (κ1) is 16.1. The van der Waals surface area contributed by atoms with E-state index >= 15 is 0 Å². The summed E-state index contributed by atoms with van der Waals surface area (Å²) in [5.74, 6) is -0.692. The normalized spacial score (nSPS) is 14.6. The second-order valence-electron chi connectivity index (χ2n) is 4.93. The summed E-state index contributed by atoms with van der Waals surface area (Å²) in [5.41, 5.74) is -0.744. The number of carbonyl (C=O) groups excluding carboxylic acids is 1. The van der Waals surface area contributed by atoms with Crippen molar-refractivity contribution < 1.29 is 18.1 Å². The van der Waals surface area contributed by atoms with E-state index in [1.54, 1.807) is 20.8 Å². The minimum atomic E-state index is -3.19. The summed E-state index contributed by atoms with van der Waals surface area (Å²) in [7, 11) is -3.19. The Bertz CT molecular complexity index is 616. The molecule has 0 aromatic heterocycles. The van der Waals surface area contributed by atoms with Gasteiger partial charge in [0.2, 0.25) is 0 Å². The maximum atomic E-state index is 13.8. The average molecular weight is 352 g/mol. The summed E-state index contributed by atoms with van der Waals surface area (Å²) in [4.78, 5) is 11.4. The summed E-state index contributed by atoms with van der Waals surface area (Å²) >= 11 is 3.00. The van der Waals surface area contributed by atoms with Gasteiger partial charge in [-0.2, -0.15) is 0 Å². The maximum absolute atomic E-state index is 13.8. The van der Waals surface area contributed by atoms with Crippen molar-refractivity contribution in [2.75, 3.05) is 6.26 Å². The van der Waals surface area contributed by atoms with E-state index in [1.165, 1.54) is 24.5 Å². The van der Waals surface area contributed by atoms with Crippen LogP contribution >= 0.6 is 15.9 Å². The Kier molecular flexibility index (Phi) is 4.73. The van der Waals surface area contributed by atoms with Gasteiger partial charge in [0.05, 0.1) is 19.1 Å². The van der Waals surface area contributed by atoms with Crippen molar-refractivity contribution in [2.24, 2.45) is 4.36 Å². The number of amides is 1. The van der Waals surface area contributed by atoms with Crippen molar-refractivity contribution >= 4 is 31.8 Å². The maximum Gasteiger partial charge on any atom is 0.442 e. The third-order valence-corrected chi connectivity index (χ3v) is 4.21. The minimum Gasteiger partial charge on any atom is -0.442 e. The van der Waals surface area contributed by atoms with E-state index < -0.39 is 27.2 Å². The van der Waals surface area contributed by atoms with E-state index in [9.17, 15) is 13.4 Å². The smallest absolute Gasteiger partial charge is 0.442 e. The Morgan fingerprint density at radius 2 is 2.00 bits per heavy atom. The van der Waals surface area contributed by atoms with Crippen LogP contribution in [-0.2, 0) is 14.5 Å². The van der Waals surface area contributed by atoms with Crippen molar-refractivity contribution in [1.29, 1.82) is 0 Å². The number of rotatable bonds is 1. The van der Waals surface area contributed by atoms with E-state index in [0.29, 0.717) is 0 Å². The molecule has 19 heavy (non-hydrogen) atoms. The van der Waals surface area contributed by atoms with Gasteiger partial charge in [0.25, 0.3) is 0 Å². The zero-order valence-corrected chi connectivity index (χ0v) is 13.5. The van der Waals surface area contributed by atoms with Crippen molar-refractivity contribution in [2.45, 2.75) is 31.3 Å². The van der Waals surface area contributed by atoms with Crippen LogP contribution in [0, 0.1) is 5.82 Å². The Labute approximate surface area is 120 Å². The fourth-order valence-electron chi connectivity index (χ4n) is 1.25. The second kappa shape index (κ2) is 5.58. The number of ether oxygens (including phenoxy) is 1. The van der Waals surface area contributed by atoms with Crippen LogP contribution in [0.1, 0.15) is 20.8 Å². The molecule has 1 rings (SSSR count). The molecule has 1 aromatic rings. The van der Waals surface area contributed by atoms with Gasteiger partial charge < -0.3 is 4.74 Å². The predicted molar refractivity (Wildman–Crippen MR) is 75.1 cm³/mol. The number of hydrogen-bond acceptors (Lipinski definition) is 3. The first-order chi connectivity index (χ1) is 8.53. The van der Waals surface area contributed by atoms with Gasteiger partial charge in [0, 0.05) is 6.26 Å². The van der Waals surface area contributed by atoms with Gasteiger partial charge in [-0.1, -0.05) is 6.07 Å². The number of benzene rings is 1. The molecule has 0 fully saturated rings. The number of nitrogens with zero attached hydrogens (tertiary/aromatic N) is 1. The summed E-state index contributed by atoms with van der Waals surface area (Å²) in [6, 6.07) is 4.33. The van der Waals surface area contributed by atoms with E-state index in [4.69, 9.17) is 4.74 Å². The molecule has 0 saturated carbocycles. The summed E-state index contributed by atoms with van der Waals surface area (Å²) in [6.07, 6.45) is 0.223. The SMILES string of the molecule is CC(C)(C)OC(=O)N=S(C)(=O)c1cccc(Br)c1F. The quantitative estimate of drug-likeness (QED) is 0.768. The molecule has 0 radical (unpaired) electrons. The molecule has 1 aromatic carbocycles. The molecule has 0 aliphatic carbocycles. The molecular weight excluding hydrogens is 337 g/mol. The molecular formula is C12H15BrFNO3S. The molecule has 4 nitrogen and oxygen atoms in total. The van der Waals surface area contributed by atoms with Gasteiger partial charge >= 0.3 is 6.09 Å². The molecule has 1 amide bonds. The first-order valence-electron chi connectivity index (χ1n) is 5.42. The van der Waals surface area contributed by atoms with Crippen molar-refractivity contribution in [3.05, 3.63) is 28.5 Å². The van der Waals surface area contributed by atoms with Gasteiger partial charge in [-0.15, -0.1) is 4.36 Å². The van der Waals surface area contributed by atoms with Crippen LogP contribution < -0.4 is 0 Å². The van der Waals surface area contributed by atoms with E-state index in [-0.39, 0.29) is 9.37 Å². The molecule has 0 heterocycles. The highest BCUT2D eigenvalue weighted by atomic mass is 79.9. The fraction of sp³-hybridized carbons (Fsp3) is 0.417. The highest BCUT2D eigenvalue weighted by molar-refractivity contribution is 9.10. The fourth-order valence-corrected chi connectivity index (χ4v) is 2.94. The average Bonchev–Trinajstić information content (AvgIpc) is 2.17. The summed E-state index contributed by atoms with van der Waals surface area (Å²) in [6.45, 7) is 4.99. The monoisotopic (exact) mass is 351 g/mol. The molecule has 0 spiro atoms. The third-order valence-electron chi connectivity index (χ3n) is 1.97. The number of halogens is 2. The zero-order valence-electron chi connectivity index (χ0n) is 11.1. The van der Waals surface area contributed by atoms with Crippen LogP contribution in [0.15, 0.2) is 31.9 Å². The van der Waals surface area contributed by atoms with E-state index in [1.807, 2.05) is 0 Å². The number of hydrogen-bond donors (Lipinski definition) is 0. The molecule has 106 valence electrons. The third kappa shape index (κ3) is 4.58. The predicted octanol–water partition coefficient (Wildman–Crippen LogP) is 3.98. The van der Waals surface area contributed by atoms with Crippen LogP contribution in [-0.4, -0.2) is 22.2 Å². The van der Waals surface area contributed by atoms with Crippen molar-refractivity contribution in [1.82, 2.24) is 0 Å². The molecule has 0 aliphatic heterocycles. The molecule has 0 bridgehead atoms. The van der Waals surface area contributed by atoms with Crippen LogP contribution in [0.4, 0.5) is 9.18 Å². The van der Waals surface area contributed by atoms with Gasteiger partial charge in [-0.25, -0.2) is 13.4 Å². The number of carbonyl (C=O) groups is 1. The summed E-state index contributed by atoms with van der Waals surface area (Å²) in [5, 5.41) is 0. The Hall–Kier alpha value is -0.950. The lowest BCUT2D eigenvalue weighted by Crippen LogP contribution is -2.22. The lowest BCUT2D eigenvalue weighted by atomic mass is 10.2. The molecule has 1 unspecified atom stereocenters. The molecule has 0 aliphatic rings. The first-order valence-corrected chi connectivity index (χ1v) is 8.14. The van der Waals surface area contributed by atoms with Crippen molar-refractivity contribution in [3.8, 4) is 0 Å². The van der Waals surface area contributed by atoms with E-state index in [0.717, 1.165) is 0 Å². The van der Waals surface area contributed by atoms with Gasteiger partial charge in [-0.05, 0) is 48.8 Å². The highest BCUT2D eigenvalue weighted by Gasteiger charge is 2.20. The largest absolute Gasteiger partial charge is 0.442 e. The lowest BCUT2D eigenvalue weighted by molar-refractivity contribution is 0.0607. The molecule has 7 heteroatoms. The van der Waals surface area contributed by atoms with Gasteiger partial charge in [0.1, 0.15) is 5.60 Å². The standard InChI is InChI=1S/C12H15BrFNO3S/c1-12(2,3)18-11(16)15-19(4,17)9-7-5-6-8(13)10(9)14/h5-7H,1-4H3. The molecule has 1 atom stereocenters. The lowest BCUT2D eigenvalue weighted by Gasteiger charge is -2.17. The van der Waals surface area contributed by atoms with Crippen LogP contribution in [0.2, 0.25) is 0 Å². The van der Waals surface area contributed by atoms with Crippen LogP contribution in [0.25, 0.3) is 0 Å². The Morgan fingerprint density at radius 3 is 2.53 bits per heavy atom.